The van der Waals surface area contributed by atoms with Crippen LogP contribution in [0.15, 0.2) is 18.5 Å². The van der Waals surface area contributed by atoms with Crippen molar-refractivity contribution in [1.82, 2.24) is 34.3 Å². The van der Waals surface area contributed by atoms with Gasteiger partial charge in [0.25, 0.3) is 0 Å². The maximum absolute atomic E-state index is 13.2. The highest BCUT2D eigenvalue weighted by Gasteiger charge is 2.36. The molecule has 0 fully saturated rings. The van der Waals surface area contributed by atoms with Gasteiger partial charge in [-0.25, -0.2) is 19.5 Å². The number of nitrogens with zero attached hydrogens (tertiary/aromatic N) is 7. The van der Waals surface area contributed by atoms with Crippen molar-refractivity contribution in [2.75, 3.05) is 0 Å². The van der Waals surface area contributed by atoms with Crippen molar-refractivity contribution >= 4 is 37.4 Å². The first-order valence-corrected chi connectivity index (χ1v) is 9.97. The van der Waals surface area contributed by atoms with E-state index >= 15 is 0 Å². The van der Waals surface area contributed by atoms with E-state index in [-0.39, 0.29) is 28.5 Å². The highest BCUT2D eigenvalue weighted by molar-refractivity contribution is 7.26. The van der Waals surface area contributed by atoms with Crippen LogP contribution in [0.5, 0.6) is 0 Å². The van der Waals surface area contributed by atoms with Gasteiger partial charge in [0.15, 0.2) is 5.65 Å². The van der Waals surface area contributed by atoms with E-state index in [1.807, 2.05) is 0 Å². The molecular formula is C18H11F6N7S. The lowest BCUT2D eigenvalue weighted by molar-refractivity contribution is -0.144. The molecule has 5 aromatic rings. The predicted octanol–water partition coefficient (Wildman–Crippen LogP) is 5.12. The lowest BCUT2D eigenvalue weighted by Crippen LogP contribution is -2.13. The highest BCUT2D eigenvalue weighted by atomic mass is 32.1. The quantitative estimate of drug-likeness (QED) is 0.334. The topological polar surface area (TPSA) is 73.8 Å². The van der Waals surface area contributed by atoms with Gasteiger partial charge in [0, 0.05) is 11.9 Å². The molecule has 0 unspecified atom stereocenters. The molecule has 32 heavy (non-hydrogen) atoms. The van der Waals surface area contributed by atoms with Crippen molar-refractivity contribution in [3.05, 3.63) is 35.4 Å². The van der Waals surface area contributed by atoms with Crippen LogP contribution < -0.4 is 0 Å². The molecule has 0 amide bonds. The van der Waals surface area contributed by atoms with Crippen LogP contribution in [0.25, 0.3) is 37.6 Å². The van der Waals surface area contributed by atoms with E-state index in [2.05, 4.69) is 25.1 Å². The minimum atomic E-state index is -4.60. The van der Waals surface area contributed by atoms with Crippen LogP contribution in [0, 0.1) is 6.92 Å². The van der Waals surface area contributed by atoms with Gasteiger partial charge in [-0.15, -0.1) is 16.4 Å². The number of aromatic nitrogens is 7. The number of hydrogen-bond acceptors (Lipinski definition) is 6. The first-order valence-electron chi connectivity index (χ1n) is 9.15. The number of pyridine rings is 1. The Labute approximate surface area is 178 Å². The first-order chi connectivity index (χ1) is 15.0. The fourth-order valence-corrected chi connectivity index (χ4v) is 4.64. The van der Waals surface area contributed by atoms with Crippen LogP contribution in [0.2, 0.25) is 0 Å². The largest absolute Gasteiger partial charge is 0.433 e. The SMILES string of the molecule is CCn1nc(-c2nc3c4sc5nc(C(F)(F)F)cc(C)c5c4ncn3n2)cc1C(F)(F)F. The summed E-state index contributed by atoms with van der Waals surface area (Å²) in [5.74, 6) is -0.0601. The monoisotopic (exact) mass is 471 g/mol. The predicted molar refractivity (Wildman–Crippen MR) is 103 cm³/mol. The zero-order valence-corrected chi connectivity index (χ0v) is 17.1. The van der Waals surface area contributed by atoms with Gasteiger partial charge in [0.2, 0.25) is 5.82 Å². The van der Waals surface area contributed by atoms with Crippen molar-refractivity contribution in [3.63, 3.8) is 0 Å². The Hall–Kier alpha value is -3.29. The number of alkyl halides is 6. The van der Waals surface area contributed by atoms with E-state index in [1.165, 1.54) is 24.7 Å². The molecule has 0 aliphatic carbocycles. The molecule has 0 bridgehead atoms. The maximum Gasteiger partial charge on any atom is 0.433 e. The minimum Gasteiger partial charge on any atom is -0.260 e. The van der Waals surface area contributed by atoms with E-state index in [9.17, 15) is 26.3 Å². The molecule has 7 nitrogen and oxygen atoms in total. The molecule has 0 aliphatic heterocycles. The number of hydrogen-bond donors (Lipinski definition) is 0. The second kappa shape index (κ2) is 6.60. The number of fused-ring (bicyclic) bond motifs is 5. The molecule has 0 aliphatic rings. The number of halogens is 6. The summed E-state index contributed by atoms with van der Waals surface area (Å²) < 4.78 is 81.7. The summed E-state index contributed by atoms with van der Waals surface area (Å²) in [6.07, 6.45) is -7.90. The molecule has 5 rings (SSSR count). The van der Waals surface area contributed by atoms with Crippen LogP contribution in [-0.4, -0.2) is 34.3 Å². The second-order valence-electron chi connectivity index (χ2n) is 6.96. The highest BCUT2D eigenvalue weighted by Crippen LogP contribution is 2.39. The molecule has 5 aromatic heterocycles. The Morgan fingerprint density at radius 2 is 1.75 bits per heavy atom. The first kappa shape index (κ1) is 20.6. The van der Waals surface area contributed by atoms with E-state index in [0.717, 1.165) is 28.2 Å². The number of aryl methyl sites for hydroxylation is 2. The van der Waals surface area contributed by atoms with Gasteiger partial charge in [-0.1, -0.05) is 0 Å². The van der Waals surface area contributed by atoms with Crippen LogP contribution >= 0.6 is 11.3 Å². The van der Waals surface area contributed by atoms with E-state index in [4.69, 9.17) is 0 Å². The fourth-order valence-electron chi connectivity index (χ4n) is 3.46. The van der Waals surface area contributed by atoms with Gasteiger partial charge < -0.3 is 0 Å². The summed E-state index contributed by atoms with van der Waals surface area (Å²) in [4.78, 5) is 12.4. The van der Waals surface area contributed by atoms with Crippen molar-refractivity contribution in [1.29, 1.82) is 0 Å². The van der Waals surface area contributed by atoms with Gasteiger partial charge in [-0.3, -0.25) is 4.68 Å². The third-order valence-corrected chi connectivity index (χ3v) is 5.92. The van der Waals surface area contributed by atoms with Crippen molar-refractivity contribution < 1.29 is 26.3 Å². The number of thiophene rings is 1. The Bertz CT molecular complexity index is 1510. The smallest absolute Gasteiger partial charge is 0.260 e. The molecule has 0 atom stereocenters. The fraction of sp³-hybridized carbons (Fsp3) is 0.278. The molecular weight excluding hydrogens is 460 g/mol. The third kappa shape index (κ3) is 3.08. The second-order valence-corrected chi connectivity index (χ2v) is 7.96. The van der Waals surface area contributed by atoms with Crippen LogP contribution in [-0.2, 0) is 18.9 Å². The van der Waals surface area contributed by atoms with Gasteiger partial charge in [0.1, 0.15) is 32.9 Å². The van der Waals surface area contributed by atoms with E-state index in [0.29, 0.717) is 21.2 Å². The zero-order valence-electron chi connectivity index (χ0n) is 16.2. The average Bonchev–Trinajstić information content (AvgIpc) is 3.39. The standard InChI is InChI=1S/C18H11F6N7S/c1-3-30-10(18(22,23)24)5-8(28-30)14-27-15-13-12(25-6-31(15)29-14)11-7(2)4-9(17(19,20)21)26-16(11)32-13/h4-6H,3H2,1-2H3. The summed E-state index contributed by atoms with van der Waals surface area (Å²) in [6, 6.07) is 1.81. The maximum atomic E-state index is 13.2. The molecule has 0 N–H and O–H groups in total. The Kier molecular flexibility index (Phi) is 4.25. The van der Waals surface area contributed by atoms with Crippen molar-refractivity contribution in [3.8, 4) is 11.5 Å². The molecule has 166 valence electrons. The van der Waals surface area contributed by atoms with Gasteiger partial charge in [0.05, 0.1) is 5.52 Å². The molecule has 0 saturated carbocycles. The van der Waals surface area contributed by atoms with Crippen LogP contribution in [0.3, 0.4) is 0 Å². The Morgan fingerprint density at radius 1 is 1.00 bits per heavy atom. The van der Waals surface area contributed by atoms with Crippen molar-refractivity contribution in [2.24, 2.45) is 0 Å². The molecule has 14 heteroatoms. The summed E-state index contributed by atoms with van der Waals surface area (Å²) in [5, 5.41) is 8.56. The normalized spacial score (nSPS) is 13.1. The van der Waals surface area contributed by atoms with Gasteiger partial charge in [-0.05, 0) is 31.5 Å². The zero-order chi connectivity index (χ0) is 23.0. The number of rotatable bonds is 2. The minimum absolute atomic E-state index is 0.00316. The summed E-state index contributed by atoms with van der Waals surface area (Å²) in [5.41, 5.74) is -1.05. The van der Waals surface area contributed by atoms with Crippen LogP contribution in [0.1, 0.15) is 23.9 Å². The average molecular weight is 471 g/mol. The van der Waals surface area contributed by atoms with Gasteiger partial charge >= 0.3 is 12.4 Å². The molecule has 0 radical (unpaired) electrons. The third-order valence-electron chi connectivity index (χ3n) is 4.85. The lowest BCUT2D eigenvalue weighted by Gasteiger charge is -2.06. The molecule has 0 aromatic carbocycles. The summed E-state index contributed by atoms with van der Waals surface area (Å²) in [6.45, 7) is 3.05. The Balaban J connectivity index is 1.73. The molecule has 5 heterocycles. The van der Waals surface area contributed by atoms with E-state index < -0.39 is 23.7 Å². The lowest BCUT2D eigenvalue weighted by atomic mass is 10.1. The molecule has 0 saturated heterocycles. The van der Waals surface area contributed by atoms with E-state index in [1.54, 1.807) is 0 Å². The van der Waals surface area contributed by atoms with Gasteiger partial charge in [-0.2, -0.15) is 31.4 Å². The van der Waals surface area contributed by atoms with Crippen molar-refractivity contribution in [2.45, 2.75) is 32.7 Å². The van der Waals surface area contributed by atoms with Crippen LogP contribution in [0.4, 0.5) is 26.3 Å². The summed E-state index contributed by atoms with van der Waals surface area (Å²) in [7, 11) is 0. The summed E-state index contributed by atoms with van der Waals surface area (Å²) >= 11 is 0.959. The Morgan fingerprint density at radius 3 is 2.38 bits per heavy atom. The molecule has 0 spiro atoms.